The molecule has 2 aromatic rings. The van der Waals surface area contributed by atoms with E-state index < -0.39 is 0 Å². The standard InChI is InChI=1S/C18H24N4O/c1-4-5-9-19-17(23)16-11-14(3)21-18(22-16)20-12-15-8-6-7-13(2)10-15/h6-8,10-11H,4-5,9,12H2,1-3H3,(H,19,23)(H,20,21,22). The molecule has 0 radical (unpaired) electrons. The Labute approximate surface area is 137 Å². The Hall–Kier alpha value is -2.43. The van der Waals surface area contributed by atoms with Crippen LogP contribution in [0.1, 0.15) is 47.1 Å². The number of amides is 1. The Kier molecular flexibility index (Phi) is 6.09. The number of anilines is 1. The number of carbonyl (C=O) groups is 1. The minimum Gasteiger partial charge on any atom is -0.351 e. The van der Waals surface area contributed by atoms with Gasteiger partial charge in [-0.05, 0) is 31.9 Å². The van der Waals surface area contributed by atoms with E-state index in [-0.39, 0.29) is 5.91 Å². The highest BCUT2D eigenvalue weighted by atomic mass is 16.1. The lowest BCUT2D eigenvalue weighted by Crippen LogP contribution is -2.26. The van der Waals surface area contributed by atoms with Crippen molar-refractivity contribution in [3.63, 3.8) is 0 Å². The maximum Gasteiger partial charge on any atom is 0.270 e. The van der Waals surface area contributed by atoms with Gasteiger partial charge in [-0.15, -0.1) is 0 Å². The number of aryl methyl sites for hydroxylation is 2. The average Bonchev–Trinajstić information content (AvgIpc) is 2.53. The van der Waals surface area contributed by atoms with Crippen molar-refractivity contribution < 1.29 is 4.79 Å². The number of rotatable bonds is 7. The smallest absolute Gasteiger partial charge is 0.270 e. The summed E-state index contributed by atoms with van der Waals surface area (Å²) in [5.41, 5.74) is 3.54. The summed E-state index contributed by atoms with van der Waals surface area (Å²) in [6, 6.07) is 9.95. The third-order valence-corrected chi connectivity index (χ3v) is 3.44. The molecule has 0 aliphatic carbocycles. The number of aromatic nitrogens is 2. The van der Waals surface area contributed by atoms with Crippen molar-refractivity contribution in [2.24, 2.45) is 0 Å². The highest BCUT2D eigenvalue weighted by Crippen LogP contribution is 2.09. The highest BCUT2D eigenvalue weighted by Gasteiger charge is 2.10. The first kappa shape index (κ1) is 16.9. The molecule has 0 fully saturated rings. The molecule has 0 saturated heterocycles. The van der Waals surface area contributed by atoms with Crippen molar-refractivity contribution in [1.29, 1.82) is 0 Å². The van der Waals surface area contributed by atoms with Crippen molar-refractivity contribution in [3.05, 3.63) is 52.8 Å². The van der Waals surface area contributed by atoms with Crippen LogP contribution in [0.4, 0.5) is 5.95 Å². The SMILES string of the molecule is CCCCNC(=O)c1cc(C)nc(NCc2cccc(C)c2)n1. The zero-order valence-corrected chi connectivity index (χ0v) is 14.0. The van der Waals surface area contributed by atoms with Crippen molar-refractivity contribution in [3.8, 4) is 0 Å². The molecule has 2 rings (SSSR count). The van der Waals surface area contributed by atoms with E-state index in [0.717, 1.165) is 24.1 Å². The van der Waals surface area contributed by atoms with Gasteiger partial charge in [-0.2, -0.15) is 0 Å². The van der Waals surface area contributed by atoms with Crippen LogP contribution < -0.4 is 10.6 Å². The molecular formula is C18H24N4O. The van der Waals surface area contributed by atoms with Crippen LogP contribution in [0.5, 0.6) is 0 Å². The minimum absolute atomic E-state index is 0.150. The number of hydrogen-bond donors (Lipinski definition) is 2. The van der Waals surface area contributed by atoms with Gasteiger partial charge >= 0.3 is 0 Å². The highest BCUT2D eigenvalue weighted by molar-refractivity contribution is 5.92. The maximum absolute atomic E-state index is 12.1. The molecule has 0 unspecified atom stereocenters. The van der Waals surface area contributed by atoms with Crippen LogP contribution >= 0.6 is 0 Å². The van der Waals surface area contributed by atoms with Crippen LogP contribution in [0.2, 0.25) is 0 Å². The van der Waals surface area contributed by atoms with E-state index in [9.17, 15) is 4.79 Å². The van der Waals surface area contributed by atoms with Crippen molar-refractivity contribution in [2.75, 3.05) is 11.9 Å². The number of nitrogens with one attached hydrogen (secondary N) is 2. The van der Waals surface area contributed by atoms with Gasteiger partial charge in [0.25, 0.3) is 5.91 Å². The summed E-state index contributed by atoms with van der Waals surface area (Å²) >= 11 is 0. The van der Waals surface area contributed by atoms with Crippen LogP contribution in [0.3, 0.4) is 0 Å². The summed E-state index contributed by atoms with van der Waals surface area (Å²) in [7, 11) is 0. The van der Waals surface area contributed by atoms with Crippen LogP contribution in [-0.2, 0) is 6.54 Å². The van der Waals surface area contributed by atoms with Gasteiger partial charge in [0.2, 0.25) is 5.95 Å². The molecule has 0 aliphatic rings. The number of nitrogens with zero attached hydrogens (tertiary/aromatic N) is 2. The number of carbonyl (C=O) groups excluding carboxylic acids is 1. The third kappa shape index (κ3) is 5.36. The molecule has 2 N–H and O–H groups in total. The summed E-state index contributed by atoms with van der Waals surface area (Å²) < 4.78 is 0. The van der Waals surface area contributed by atoms with E-state index in [1.54, 1.807) is 6.07 Å². The number of unbranched alkanes of at least 4 members (excludes halogenated alkanes) is 1. The maximum atomic E-state index is 12.1. The summed E-state index contributed by atoms with van der Waals surface area (Å²) in [6.45, 7) is 7.31. The first-order valence-electron chi connectivity index (χ1n) is 8.02. The van der Waals surface area contributed by atoms with E-state index in [0.29, 0.717) is 24.7 Å². The Morgan fingerprint density at radius 3 is 2.74 bits per heavy atom. The molecule has 1 heterocycles. The van der Waals surface area contributed by atoms with Crippen molar-refractivity contribution in [1.82, 2.24) is 15.3 Å². The van der Waals surface area contributed by atoms with Crippen molar-refractivity contribution in [2.45, 2.75) is 40.2 Å². The molecule has 1 aromatic carbocycles. The zero-order chi connectivity index (χ0) is 16.7. The van der Waals surface area contributed by atoms with Gasteiger partial charge in [-0.3, -0.25) is 4.79 Å². The van der Waals surface area contributed by atoms with E-state index in [1.807, 2.05) is 19.1 Å². The second-order valence-corrected chi connectivity index (χ2v) is 5.67. The predicted octanol–water partition coefficient (Wildman–Crippen LogP) is 3.24. The van der Waals surface area contributed by atoms with Crippen LogP contribution in [-0.4, -0.2) is 22.4 Å². The van der Waals surface area contributed by atoms with Gasteiger partial charge in [0, 0.05) is 18.8 Å². The minimum atomic E-state index is -0.150. The summed E-state index contributed by atoms with van der Waals surface area (Å²) in [5, 5.41) is 6.07. The van der Waals surface area contributed by atoms with Crippen LogP contribution in [0, 0.1) is 13.8 Å². The van der Waals surface area contributed by atoms with Crippen LogP contribution in [0.25, 0.3) is 0 Å². The topological polar surface area (TPSA) is 66.9 Å². The Morgan fingerprint density at radius 2 is 2.00 bits per heavy atom. The van der Waals surface area contributed by atoms with Gasteiger partial charge in [0.05, 0.1) is 0 Å². The fourth-order valence-corrected chi connectivity index (χ4v) is 2.24. The molecule has 0 saturated carbocycles. The zero-order valence-electron chi connectivity index (χ0n) is 14.0. The Bertz CT molecular complexity index is 670. The summed E-state index contributed by atoms with van der Waals surface area (Å²) in [5.74, 6) is 0.328. The summed E-state index contributed by atoms with van der Waals surface area (Å²) in [4.78, 5) is 20.8. The molecule has 1 amide bonds. The van der Waals surface area contributed by atoms with Gasteiger partial charge in [-0.1, -0.05) is 43.2 Å². The van der Waals surface area contributed by atoms with Gasteiger partial charge < -0.3 is 10.6 Å². The molecule has 0 bridgehead atoms. The lowest BCUT2D eigenvalue weighted by Gasteiger charge is -2.09. The first-order valence-corrected chi connectivity index (χ1v) is 8.02. The second-order valence-electron chi connectivity index (χ2n) is 5.67. The number of hydrogen-bond acceptors (Lipinski definition) is 4. The van der Waals surface area contributed by atoms with E-state index in [1.165, 1.54) is 5.56 Å². The molecule has 5 heteroatoms. The Morgan fingerprint density at radius 1 is 1.17 bits per heavy atom. The molecule has 0 spiro atoms. The fourth-order valence-electron chi connectivity index (χ4n) is 2.24. The molecule has 5 nitrogen and oxygen atoms in total. The molecule has 0 aliphatic heterocycles. The molecule has 23 heavy (non-hydrogen) atoms. The van der Waals surface area contributed by atoms with Gasteiger partial charge in [-0.25, -0.2) is 9.97 Å². The predicted molar refractivity (Wildman–Crippen MR) is 92.5 cm³/mol. The summed E-state index contributed by atoms with van der Waals surface area (Å²) in [6.07, 6.45) is 2.01. The van der Waals surface area contributed by atoms with Crippen LogP contribution in [0.15, 0.2) is 30.3 Å². The first-order chi connectivity index (χ1) is 11.1. The van der Waals surface area contributed by atoms with E-state index in [4.69, 9.17) is 0 Å². The quantitative estimate of drug-likeness (QED) is 0.770. The Balaban J connectivity index is 2.03. The largest absolute Gasteiger partial charge is 0.351 e. The van der Waals surface area contributed by atoms with Gasteiger partial charge in [0.1, 0.15) is 5.69 Å². The van der Waals surface area contributed by atoms with Crippen molar-refractivity contribution >= 4 is 11.9 Å². The second kappa shape index (κ2) is 8.27. The molecule has 122 valence electrons. The molecular weight excluding hydrogens is 288 g/mol. The molecule has 1 aromatic heterocycles. The monoisotopic (exact) mass is 312 g/mol. The molecule has 0 atom stereocenters. The average molecular weight is 312 g/mol. The lowest BCUT2D eigenvalue weighted by molar-refractivity contribution is 0.0948. The van der Waals surface area contributed by atoms with Gasteiger partial charge in [0.15, 0.2) is 0 Å². The normalized spacial score (nSPS) is 10.4. The van der Waals surface area contributed by atoms with E-state index >= 15 is 0 Å². The fraction of sp³-hybridized carbons (Fsp3) is 0.389. The number of benzene rings is 1. The lowest BCUT2D eigenvalue weighted by atomic mass is 10.1. The van der Waals surface area contributed by atoms with E-state index in [2.05, 4.69) is 46.6 Å². The third-order valence-electron chi connectivity index (χ3n) is 3.44.